The van der Waals surface area contributed by atoms with Crippen molar-refractivity contribution in [3.8, 4) is 5.75 Å². The molecule has 0 spiro atoms. The maximum absolute atomic E-state index is 12.5. The molecule has 2 atom stereocenters. The molecule has 0 radical (unpaired) electrons. The highest BCUT2D eigenvalue weighted by molar-refractivity contribution is 5.82. The third kappa shape index (κ3) is 4.93. The first kappa shape index (κ1) is 19.4. The number of pyridine rings is 1. The highest BCUT2D eigenvalue weighted by Gasteiger charge is 2.31. The summed E-state index contributed by atoms with van der Waals surface area (Å²) in [6.45, 7) is 0.936. The van der Waals surface area contributed by atoms with Gasteiger partial charge in [0.15, 0.2) is 0 Å². The second kappa shape index (κ2) is 9.05. The quantitative estimate of drug-likeness (QED) is 0.699. The zero-order valence-electron chi connectivity index (χ0n) is 16.4. The second-order valence-corrected chi connectivity index (χ2v) is 7.58. The Morgan fingerprint density at radius 3 is 2.83 bits per heavy atom. The molecular formula is C24H26N2O3. The molecule has 1 amide bonds. The fourth-order valence-electron chi connectivity index (χ4n) is 3.83. The molecule has 29 heavy (non-hydrogen) atoms. The van der Waals surface area contributed by atoms with Gasteiger partial charge in [-0.15, -0.1) is 0 Å². The lowest BCUT2D eigenvalue weighted by Gasteiger charge is -2.36. The topological polar surface area (TPSA) is 62.7 Å². The van der Waals surface area contributed by atoms with Crippen LogP contribution >= 0.6 is 0 Å². The van der Waals surface area contributed by atoms with Crippen LogP contribution in [0.1, 0.15) is 24.8 Å². The molecule has 0 bridgehead atoms. The number of piperidine rings is 1. The fraction of sp³-hybridized carbons (Fsp3) is 0.333. The normalized spacial score (nSPS) is 19.3. The van der Waals surface area contributed by atoms with Crippen LogP contribution in [0, 0.1) is 0 Å². The lowest BCUT2D eigenvalue weighted by Crippen LogP contribution is -2.51. The van der Waals surface area contributed by atoms with Gasteiger partial charge in [0, 0.05) is 37.2 Å². The van der Waals surface area contributed by atoms with E-state index in [1.807, 2.05) is 42.5 Å². The number of nitrogens with zero attached hydrogens (tertiary/aromatic N) is 2. The summed E-state index contributed by atoms with van der Waals surface area (Å²) in [5, 5.41) is 12.6. The van der Waals surface area contributed by atoms with E-state index in [0.717, 1.165) is 29.4 Å². The molecular weight excluding hydrogens is 364 g/mol. The Morgan fingerprint density at radius 2 is 2.00 bits per heavy atom. The first-order chi connectivity index (χ1) is 14.2. The van der Waals surface area contributed by atoms with Crippen LogP contribution in [0.3, 0.4) is 0 Å². The van der Waals surface area contributed by atoms with E-state index in [1.165, 1.54) is 5.56 Å². The summed E-state index contributed by atoms with van der Waals surface area (Å²) in [6, 6.07) is 18.0. The monoisotopic (exact) mass is 390 g/mol. The van der Waals surface area contributed by atoms with Crippen molar-refractivity contribution in [3.63, 3.8) is 0 Å². The van der Waals surface area contributed by atoms with Gasteiger partial charge in [0.2, 0.25) is 5.91 Å². The summed E-state index contributed by atoms with van der Waals surface area (Å²) in [5.41, 5.74) is 1.25. The molecule has 4 rings (SSSR count). The predicted octanol–water partition coefficient (Wildman–Crippen LogP) is 3.60. The molecule has 2 heterocycles. The van der Waals surface area contributed by atoms with Crippen molar-refractivity contribution in [2.45, 2.75) is 37.9 Å². The average molecular weight is 390 g/mol. The number of carbonyl (C=O) groups excluding carboxylic acids is 1. The van der Waals surface area contributed by atoms with Gasteiger partial charge in [0.05, 0.1) is 6.54 Å². The minimum atomic E-state index is -0.689. The molecule has 5 heteroatoms. The van der Waals surface area contributed by atoms with Crippen molar-refractivity contribution in [2.24, 2.45) is 0 Å². The molecule has 1 fully saturated rings. The minimum Gasteiger partial charge on any atom is -0.488 e. The smallest absolute Gasteiger partial charge is 0.222 e. The van der Waals surface area contributed by atoms with E-state index in [4.69, 9.17) is 4.74 Å². The minimum absolute atomic E-state index is 0.107. The number of hydrogen-bond donors (Lipinski definition) is 1. The summed E-state index contributed by atoms with van der Waals surface area (Å²) in [7, 11) is 0. The molecule has 1 aromatic heterocycles. The van der Waals surface area contributed by atoms with Crippen molar-refractivity contribution in [2.75, 3.05) is 13.1 Å². The van der Waals surface area contributed by atoms with Gasteiger partial charge < -0.3 is 14.7 Å². The largest absolute Gasteiger partial charge is 0.488 e. The number of fused-ring (bicyclic) bond motifs is 1. The maximum Gasteiger partial charge on any atom is 0.222 e. The van der Waals surface area contributed by atoms with E-state index in [0.29, 0.717) is 25.9 Å². The molecule has 0 unspecified atom stereocenters. The Kier molecular flexibility index (Phi) is 6.06. The van der Waals surface area contributed by atoms with Gasteiger partial charge in [0.25, 0.3) is 0 Å². The molecule has 3 aromatic rings. The number of aliphatic hydroxyl groups excluding tert-OH is 1. The zero-order chi connectivity index (χ0) is 20.1. The molecule has 0 saturated carbocycles. The van der Waals surface area contributed by atoms with Gasteiger partial charge in [-0.3, -0.25) is 9.78 Å². The number of ether oxygens (including phenoxy) is 1. The Bertz CT molecular complexity index is 961. The number of aliphatic hydroxyl groups is 1. The van der Waals surface area contributed by atoms with Crippen LogP contribution in [0.4, 0.5) is 0 Å². The van der Waals surface area contributed by atoms with Crippen LogP contribution in [0.5, 0.6) is 5.75 Å². The number of amides is 1. The highest BCUT2D eigenvalue weighted by Crippen LogP contribution is 2.24. The summed E-state index contributed by atoms with van der Waals surface area (Å²) < 4.78 is 6.03. The zero-order valence-corrected chi connectivity index (χ0v) is 16.4. The molecule has 1 aliphatic heterocycles. The first-order valence-corrected chi connectivity index (χ1v) is 10.2. The number of benzene rings is 2. The van der Waals surface area contributed by atoms with Crippen molar-refractivity contribution in [1.82, 2.24) is 9.88 Å². The summed E-state index contributed by atoms with van der Waals surface area (Å²) >= 11 is 0. The third-order valence-electron chi connectivity index (χ3n) is 5.47. The fourth-order valence-corrected chi connectivity index (χ4v) is 3.83. The third-order valence-corrected chi connectivity index (χ3v) is 5.47. The van der Waals surface area contributed by atoms with Crippen LogP contribution in [0.2, 0.25) is 0 Å². The number of rotatable bonds is 6. The number of β-amino-alcohol motifs (C(OH)–C–C–N with tert-alkyl or cyclic N) is 1. The van der Waals surface area contributed by atoms with E-state index in [1.54, 1.807) is 17.3 Å². The van der Waals surface area contributed by atoms with E-state index >= 15 is 0 Å². The van der Waals surface area contributed by atoms with Crippen molar-refractivity contribution < 1.29 is 14.6 Å². The first-order valence-electron chi connectivity index (χ1n) is 10.2. The number of carbonyl (C=O) groups is 1. The van der Waals surface area contributed by atoms with E-state index in [2.05, 4.69) is 17.1 Å². The Morgan fingerprint density at radius 1 is 1.14 bits per heavy atom. The van der Waals surface area contributed by atoms with Gasteiger partial charge in [-0.05, 0) is 42.0 Å². The van der Waals surface area contributed by atoms with E-state index in [9.17, 15) is 9.90 Å². The van der Waals surface area contributed by atoms with Crippen molar-refractivity contribution in [1.29, 1.82) is 0 Å². The molecule has 2 aromatic carbocycles. The van der Waals surface area contributed by atoms with Crippen molar-refractivity contribution in [3.05, 3.63) is 72.6 Å². The van der Waals surface area contributed by atoms with Gasteiger partial charge in [0.1, 0.15) is 18.0 Å². The lowest BCUT2D eigenvalue weighted by molar-refractivity contribution is -0.137. The number of hydrogen-bond acceptors (Lipinski definition) is 4. The lowest BCUT2D eigenvalue weighted by atomic mass is 10.0. The molecule has 0 aliphatic carbocycles. The highest BCUT2D eigenvalue weighted by atomic mass is 16.5. The molecule has 1 saturated heterocycles. The summed E-state index contributed by atoms with van der Waals surface area (Å²) in [5.74, 6) is 0.826. The van der Waals surface area contributed by atoms with E-state index < -0.39 is 6.10 Å². The van der Waals surface area contributed by atoms with E-state index in [-0.39, 0.29) is 12.0 Å². The molecule has 1 aliphatic rings. The number of aromatic nitrogens is 1. The molecule has 1 N–H and O–H groups in total. The number of likely N-dealkylation sites (tertiary alicyclic amines) is 1. The Labute approximate surface area is 170 Å². The van der Waals surface area contributed by atoms with Crippen molar-refractivity contribution >= 4 is 16.7 Å². The average Bonchev–Trinajstić information content (AvgIpc) is 2.76. The number of aryl methyl sites for hydroxylation is 1. The maximum atomic E-state index is 12.5. The Balaban J connectivity index is 1.27. The van der Waals surface area contributed by atoms with Gasteiger partial charge in [-0.25, -0.2) is 0 Å². The molecule has 5 nitrogen and oxygen atoms in total. The molecule has 150 valence electrons. The summed E-state index contributed by atoms with van der Waals surface area (Å²) in [6.07, 6.45) is 5.41. The summed E-state index contributed by atoms with van der Waals surface area (Å²) in [4.78, 5) is 18.4. The van der Waals surface area contributed by atoms with Crippen LogP contribution in [0.25, 0.3) is 10.8 Å². The van der Waals surface area contributed by atoms with Crippen LogP contribution in [0.15, 0.2) is 67.0 Å². The van der Waals surface area contributed by atoms with Crippen LogP contribution in [-0.4, -0.2) is 46.2 Å². The van der Waals surface area contributed by atoms with Gasteiger partial charge in [-0.1, -0.05) is 36.4 Å². The van der Waals surface area contributed by atoms with Gasteiger partial charge >= 0.3 is 0 Å². The second-order valence-electron chi connectivity index (χ2n) is 7.58. The van der Waals surface area contributed by atoms with Gasteiger partial charge in [-0.2, -0.15) is 0 Å². The van der Waals surface area contributed by atoms with Crippen LogP contribution in [-0.2, 0) is 11.2 Å². The van der Waals surface area contributed by atoms with Crippen LogP contribution < -0.4 is 4.74 Å². The Hall–Kier alpha value is -2.92. The SMILES string of the molecule is O=C(CCCc1ccccc1)N1CC[C@@H](Oc2ccc3ccncc3c2)[C@H](O)C1. The predicted molar refractivity (Wildman–Crippen MR) is 113 cm³/mol. The standard InChI is InChI=1S/C24H26N2O3/c27-22-17-26(24(28)8-4-7-18-5-2-1-3-6-18)14-12-23(22)29-21-10-9-19-11-13-25-16-20(19)15-21/h1-3,5-6,9-11,13,15-16,22-23,27H,4,7-8,12,14,17H2/t22-,23-/m1/s1.